The Morgan fingerprint density at radius 2 is 1.80 bits per heavy atom. The van der Waals surface area contributed by atoms with E-state index in [4.69, 9.17) is 19.2 Å². The summed E-state index contributed by atoms with van der Waals surface area (Å²) in [6.07, 6.45) is 0.885. The van der Waals surface area contributed by atoms with Gasteiger partial charge in [-0.3, -0.25) is 9.89 Å². The van der Waals surface area contributed by atoms with Crippen molar-refractivity contribution in [1.29, 1.82) is 0 Å². The summed E-state index contributed by atoms with van der Waals surface area (Å²) in [5.74, 6) is 2.48. The van der Waals surface area contributed by atoms with E-state index in [0.29, 0.717) is 19.3 Å². The maximum atomic E-state index is 5.72. The molecule has 0 radical (unpaired) electrons. The van der Waals surface area contributed by atoms with Crippen molar-refractivity contribution in [3.05, 3.63) is 23.8 Å². The van der Waals surface area contributed by atoms with Crippen molar-refractivity contribution >= 4 is 29.9 Å². The van der Waals surface area contributed by atoms with Crippen molar-refractivity contribution in [1.82, 2.24) is 15.5 Å². The van der Waals surface area contributed by atoms with Crippen LogP contribution in [0.4, 0.5) is 0 Å². The topological polar surface area (TPSA) is 67.4 Å². The van der Waals surface area contributed by atoms with Crippen molar-refractivity contribution in [2.75, 3.05) is 59.2 Å². The summed E-state index contributed by atoms with van der Waals surface area (Å²) in [6.45, 7) is 15.6. The monoisotopic (exact) mass is 534 g/mol. The number of benzene rings is 1. The molecule has 1 aliphatic rings. The van der Waals surface area contributed by atoms with Crippen LogP contribution in [0, 0.1) is 0 Å². The van der Waals surface area contributed by atoms with E-state index in [1.165, 1.54) is 5.56 Å². The fourth-order valence-corrected chi connectivity index (χ4v) is 3.28. The smallest absolute Gasteiger partial charge is 0.191 e. The Morgan fingerprint density at radius 1 is 1.10 bits per heavy atom. The highest BCUT2D eigenvalue weighted by molar-refractivity contribution is 14.0. The molecule has 0 amide bonds. The first-order valence-corrected chi connectivity index (χ1v) is 10.9. The molecule has 1 aromatic rings. The van der Waals surface area contributed by atoms with E-state index in [-0.39, 0.29) is 24.0 Å². The lowest BCUT2D eigenvalue weighted by molar-refractivity contribution is 0.0220. The third-order valence-electron chi connectivity index (χ3n) is 4.84. The van der Waals surface area contributed by atoms with Gasteiger partial charge in [0, 0.05) is 32.2 Å². The minimum Gasteiger partial charge on any atom is -0.490 e. The van der Waals surface area contributed by atoms with Crippen LogP contribution in [0.25, 0.3) is 0 Å². The zero-order valence-electron chi connectivity index (χ0n) is 18.9. The normalized spacial score (nSPS) is 15.8. The zero-order chi connectivity index (χ0) is 20.9. The van der Waals surface area contributed by atoms with Crippen LogP contribution in [0.1, 0.15) is 33.3 Å². The summed E-state index contributed by atoms with van der Waals surface area (Å²) in [4.78, 5) is 7.21. The molecular weight excluding hydrogens is 495 g/mol. The van der Waals surface area contributed by atoms with Crippen LogP contribution in [0.3, 0.4) is 0 Å². The Balaban J connectivity index is 0.00000450. The van der Waals surface area contributed by atoms with Crippen molar-refractivity contribution in [3.63, 3.8) is 0 Å². The van der Waals surface area contributed by atoms with E-state index < -0.39 is 0 Å². The SMILES string of the molecule is CCNC(=NCC(C)N1CCOCC1)NCCc1ccc(OCC)c(OCC)c1.I. The molecule has 1 fully saturated rings. The molecule has 1 aromatic carbocycles. The van der Waals surface area contributed by atoms with Gasteiger partial charge < -0.3 is 24.8 Å². The van der Waals surface area contributed by atoms with E-state index in [1.54, 1.807) is 0 Å². The van der Waals surface area contributed by atoms with E-state index in [0.717, 1.165) is 69.8 Å². The summed E-state index contributed by atoms with van der Waals surface area (Å²) in [5.41, 5.74) is 1.21. The second-order valence-corrected chi connectivity index (χ2v) is 7.04. The van der Waals surface area contributed by atoms with E-state index in [2.05, 4.69) is 41.5 Å². The molecule has 0 bridgehead atoms. The van der Waals surface area contributed by atoms with E-state index >= 15 is 0 Å². The molecule has 7 nitrogen and oxygen atoms in total. The molecule has 1 unspecified atom stereocenters. The zero-order valence-corrected chi connectivity index (χ0v) is 21.2. The maximum Gasteiger partial charge on any atom is 0.191 e. The lowest BCUT2D eigenvalue weighted by Crippen LogP contribution is -2.44. The minimum atomic E-state index is 0. The number of nitrogens with one attached hydrogen (secondary N) is 2. The highest BCUT2D eigenvalue weighted by atomic mass is 127. The summed E-state index contributed by atoms with van der Waals surface area (Å²) in [5, 5.41) is 6.78. The van der Waals surface area contributed by atoms with Crippen molar-refractivity contribution in [3.8, 4) is 11.5 Å². The Morgan fingerprint density at radius 3 is 2.47 bits per heavy atom. The van der Waals surface area contributed by atoms with Gasteiger partial charge in [0.2, 0.25) is 0 Å². The molecule has 172 valence electrons. The molecular formula is C22H39IN4O3. The van der Waals surface area contributed by atoms with Gasteiger partial charge in [-0.2, -0.15) is 0 Å². The predicted octanol–water partition coefficient (Wildman–Crippen LogP) is 2.92. The number of halogens is 1. The first-order valence-electron chi connectivity index (χ1n) is 10.9. The van der Waals surface area contributed by atoms with Gasteiger partial charge in [0.25, 0.3) is 0 Å². The second kappa shape index (κ2) is 15.5. The number of morpholine rings is 1. The van der Waals surface area contributed by atoms with Crippen molar-refractivity contribution < 1.29 is 14.2 Å². The van der Waals surface area contributed by atoms with Crippen LogP contribution in [0.2, 0.25) is 0 Å². The first kappa shape index (κ1) is 26.8. The number of nitrogens with zero attached hydrogens (tertiary/aromatic N) is 2. The summed E-state index contributed by atoms with van der Waals surface area (Å²) in [7, 11) is 0. The Kier molecular flexibility index (Phi) is 13.9. The maximum absolute atomic E-state index is 5.72. The number of rotatable bonds is 11. The van der Waals surface area contributed by atoms with Gasteiger partial charge in [0.1, 0.15) is 0 Å². The summed E-state index contributed by atoms with van der Waals surface area (Å²) >= 11 is 0. The molecule has 8 heteroatoms. The highest BCUT2D eigenvalue weighted by Crippen LogP contribution is 2.28. The first-order chi connectivity index (χ1) is 14.2. The fraction of sp³-hybridized carbons (Fsp3) is 0.682. The number of guanidine groups is 1. The molecule has 0 saturated carbocycles. The second-order valence-electron chi connectivity index (χ2n) is 7.04. The number of aliphatic imine (C=N–C) groups is 1. The van der Waals surface area contributed by atoms with Gasteiger partial charge in [0.05, 0.1) is 33.0 Å². The van der Waals surface area contributed by atoms with E-state index in [9.17, 15) is 0 Å². The number of hydrogen-bond acceptors (Lipinski definition) is 5. The molecule has 1 atom stereocenters. The molecule has 1 aliphatic heterocycles. The van der Waals surface area contributed by atoms with Gasteiger partial charge in [-0.1, -0.05) is 6.07 Å². The van der Waals surface area contributed by atoms with Crippen LogP contribution in [-0.4, -0.2) is 76.1 Å². The standard InChI is InChI=1S/C22H38N4O3.HI/c1-5-23-22(25-17-18(4)26-12-14-27-15-13-26)24-11-10-19-8-9-20(28-6-2)21(16-19)29-7-3;/h8-9,16,18H,5-7,10-15,17H2,1-4H3,(H2,23,24,25);1H. The van der Waals surface area contributed by atoms with Crippen LogP contribution < -0.4 is 20.1 Å². The van der Waals surface area contributed by atoms with Crippen LogP contribution in [0.5, 0.6) is 11.5 Å². The Hall–Kier alpha value is -1.26. The molecule has 0 aromatic heterocycles. The molecule has 1 saturated heterocycles. The lowest BCUT2D eigenvalue weighted by atomic mass is 10.1. The molecule has 2 rings (SSSR count). The van der Waals surface area contributed by atoms with Gasteiger partial charge >= 0.3 is 0 Å². The van der Waals surface area contributed by atoms with Gasteiger partial charge in [-0.15, -0.1) is 24.0 Å². The Labute approximate surface area is 199 Å². The van der Waals surface area contributed by atoms with Crippen molar-refractivity contribution in [2.24, 2.45) is 4.99 Å². The molecule has 0 aliphatic carbocycles. The van der Waals surface area contributed by atoms with Gasteiger partial charge in [0.15, 0.2) is 17.5 Å². The van der Waals surface area contributed by atoms with Crippen LogP contribution in [0.15, 0.2) is 23.2 Å². The third-order valence-corrected chi connectivity index (χ3v) is 4.84. The van der Waals surface area contributed by atoms with Crippen LogP contribution in [-0.2, 0) is 11.2 Å². The molecule has 0 spiro atoms. The predicted molar refractivity (Wildman–Crippen MR) is 134 cm³/mol. The van der Waals surface area contributed by atoms with Gasteiger partial charge in [-0.25, -0.2) is 0 Å². The molecule has 2 N–H and O–H groups in total. The summed E-state index contributed by atoms with van der Waals surface area (Å²) in [6, 6.07) is 6.57. The quantitative estimate of drug-likeness (QED) is 0.259. The summed E-state index contributed by atoms with van der Waals surface area (Å²) < 4.78 is 16.8. The largest absolute Gasteiger partial charge is 0.490 e. The van der Waals surface area contributed by atoms with Crippen molar-refractivity contribution in [2.45, 2.75) is 40.2 Å². The molecule has 30 heavy (non-hydrogen) atoms. The number of ether oxygens (including phenoxy) is 3. The third kappa shape index (κ3) is 9.26. The average Bonchev–Trinajstić information content (AvgIpc) is 2.74. The number of hydrogen-bond donors (Lipinski definition) is 2. The lowest BCUT2D eigenvalue weighted by Gasteiger charge is -2.31. The minimum absolute atomic E-state index is 0. The van der Waals surface area contributed by atoms with Crippen LogP contribution >= 0.6 is 24.0 Å². The van der Waals surface area contributed by atoms with Gasteiger partial charge in [-0.05, 0) is 51.8 Å². The van der Waals surface area contributed by atoms with E-state index in [1.807, 2.05) is 19.9 Å². The Bertz CT molecular complexity index is 624. The fourth-order valence-electron chi connectivity index (χ4n) is 3.28. The average molecular weight is 534 g/mol. The highest BCUT2D eigenvalue weighted by Gasteiger charge is 2.16. The molecule has 1 heterocycles.